The molecule has 1 aromatic rings. The minimum Gasteiger partial charge on any atom is -0.493 e. The lowest BCUT2D eigenvalue weighted by Crippen LogP contribution is -2.26. The Bertz CT molecular complexity index is 429. The molecular formula is C14H19NO3. The molecule has 1 saturated carbocycles. The van der Waals surface area contributed by atoms with E-state index in [4.69, 9.17) is 14.2 Å². The molecule has 4 nitrogen and oxygen atoms in total. The van der Waals surface area contributed by atoms with Gasteiger partial charge in [0, 0.05) is 6.54 Å². The van der Waals surface area contributed by atoms with Crippen molar-refractivity contribution in [3.63, 3.8) is 0 Å². The summed E-state index contributed by atoms with van der Waals surface area (Å²) in [6.45, 7) is 2.24. The fourth-order valence-corrected chi connectivity index (χ4v) is 2.40. The van der Waals surface area contributed by atoms with Gasteiger partial charge in [0.25, 0.3) is 0 Å². The van der Waals surface area contributed by atoms with Gasteiger partial charge in [0.1, 0.15) is 0 Å². The standard InChI is InChI=1S/C14H19NO3/c1-16-12-5-11(6-13-14(12)18-9-17-13)8-15-7-10-3-2-4-10/h5-6,10,15H,2-4,7-9H2,1H3. The lowest BCUT2D eigenvalue weighted by molar-refractivity contribution is 0.171. The average molecular weight is 249 g/mol. The Morgan fingerprint density at radius 2 is 2.22 bits per heavy atom. The van der Waals surface area contributed by atoms with Gasteiger partial charge in [0.2, 0.25) is 12.5 Å². The molecule has 98 valence electrons. The molecule has 0 saturated heterocycles. The SMILES string of the molecule is COc1cc(CNCC2CCC2)cc2c1OCO2. The van der Waals surface area contributed by atoms with Gasteiger partial charge in [-0.3, -0.25) is 0 Å². The van der Waals surface area contributed by atoms with E-state index in [1.54, 1.807) is 7.11 Å². The van der Waals surface area contributed by atoms with Crippen molar-refractivity contribution < 1.29 is 14.2 Å². The minimum absolute atomic E-state index is 0.282. The molecule has 1 N–H and O–H groups in total. The Morgan fingerprint density at radius 1 is 1.33 bits per heavy atom. The minimum atomic E-state index is 0.282. The maximum Gasteiger partial charge on any atom is 0.231 e. The summed E-state index contributed by atoms with van der Waals surface area (Å²) in [5, 5.41) is 3.49. The number of rotatable bonds is 5. The second-order valence-corrected chi connectivity index (χ2v) is 4.96. The summed E-state index contributed by atoms with van der Waals surface area (Å²) in [7, 11) is 1.66. The molecule has 2 aliphatic rings. The highest BCUT2D eigenvalue weighted by Gasteiger charge is 2.20. The number of hydrogen-bond donors (Lipinski definition) is 1. The Balaban J connectivity index is 1.64. The van der Waals surface area contributed by atoms with Gasteiger partial charge in [-0.15, -0.1) is 0 Å². The predicted molar refractivity (Wildman–Crippen MR) is 68.2 cm³/mol. The molecule has 4 heteroatoms. The second kappa shape index (κ2) is 5.06. The van der Waals surface area contributed by atoms with E-state index >= 15 is 0 Å². The van der Waals surface area contributed by atoms with Crippen LogP contribution in [0.4, 0.5) is 0 Å². The van der Waals surface area contributed by atoms with E-state index in [-0.39, 0.29) is 6.79 Å². The van der Waals surface area contributed by atoms with Crippen LogP contribution in [-0.4, -0.2) is 20.4 Å². The highest BCUT2D eigenvalue weighted by Crippen LogP contribution is 2.41. The summed E-state index contributed by atoms with van der Waals surface area (Å²) in [6, 6.07) is 4.04. The van der Waals surface area contributed by atoms with Gasteiger partial charge >= 0.3 is 0 Å². The van der Waals surface area contributed by atoms with E-state index in [0.717, 1.165) is 36.3 Å². The Hall–Kier alpha value is -1.42. The third kappa shape index (κ3) is 2.25. The Labute approximate surface area is 107 Å². The van der Waals surface area contributed by atoms with Gasteiger partial charge in [-0.2, -0.15) is 0 Å². The molecule has 1 aromatic carbocycles. The summed E-state index contributed by atoms with van der Waals surface area (Å²) in [5.41, 5.74) is 1.18. The molecule has 1 heterocycles. The maximum absolute atomic E-state index is 5.41. The summed E-state index contributed by atoms with van der Waals surface area (Å²) < 4.78 is 16.1. The molecule has 3 rings (SSSR count). The van der Waals surface area contributed by atoms with Crippen molar-refractivity contribution in [3.8, 4) is 17.2 Å². The molecule has 1 aliphatic carbocycles. The number of methoxy groups -OCH3 is 1. The number of hydrogen-bond acceptors (Lipinski definition) is 4. The maximum atomic E-state index is 5.41. The fourth-order valence-electron chi connectivity index (χ4n) is 2.40. The van der Waals surface area contributed by atoms with Crippen LogP contribution < -0.4 is 19.5 Å². The molecule has 18 heavy (non-hydrogen) atoms. The average Bonchev–Trinajstić information content (AvgIpc) is 2.79. The number of fused-ring (bicyclic) bond motifs is 1. The normalized spacial score (nSPS) is 17.6. The van der Waals surface area contributed by atoms with Crippen molar-refractivity contribution >= 4 is 0 Å². The zero-order valence-electron chi connectivity index (χ0n) is 10.7. The monoisotopic (exact) mass is 249 g/mol. The van der Waals surface area contributed by atoms with Crippen molar-refractivity contribution in [1.82, 2.24) is 5.32 Å². The first-order valence-corrected chi connectivity index (χ1v) is 6.54. The first kappa shape index (κ1) is 11.7. The van der Waals surface area contributed by atoms with Gasteiger partial charge in [-0.05, 0) is 43.0 Å². The van der Waals surface area contributed by atoms with Crippen LogP contribution in [0.3, 0.4) is 0 Å². The highest BCUT2D eigenvalue weighted by atomic mass is 16.7. The molecule has 0 amide bonds. The van der Waals surface area contributed by atoms with Gasteiger partial charge in [-0.1, -0.05) is 6.42 Å². The van der Waals surface area contributed by atoms with Crippen molar-refractivity contribution in [3.05, 3.63) is 17.7 Å². The van der Waals surface area contributed by atoms with Crippen LogP contribution >= 0.6 is 0 Å². The van der Waals surface area contributed by atoms with E-state index in [0.29, 0.717) is 0 Å². The zero-order valence-corrected chi connectivity index (χ0v) is 10.7. The molecule has 0 unspecified atom stereocenters. The molecule has 0 bridgehead atoms. The summed E-state index contributed by atoms with van der Waals surface area (Å²) in [6.07, 6.45) is 4.14. The zero-order chi connectivity index (χ0) is 12.4. The van der Waals surface area contributed by atoms with Crippen LogP contribution in [0.5, 0.6) is 17.2 Å². The quantitative estimate of drug-likeness (QED) is 0.869. The van der Waals surface area contributed by atoms with Crippen LogP contribution in [0.1, 0.15) is 24.8 Å². The molecule has 1 fully saturated rings. The topological polar surface area (TPSA) is 39.7 Å². The van der Waals surface area contributed by atoms with Crippen LogP contribution in [-0.2, 0) is 6.54 Å². The highest BCUT2D eigenvalue weighted by molar-refractivity contribution is 5.55. The molecule has 0 spiro atoms. The first-order valence-electron chi connectivity index (χ1n) is 6.54. The van der Waals surface area contributed by atoms with Crippen molar-refractivity contribution in [2.45, 2.75) is 25.8 Å². The second-order valence-electron chi connectivity index (χ2n) is 4.96. The number of benzene rings is 1. The number of nitrogens with one attached hydrogen (secondary N) is 1. The van der Waals surface area contributed by atoms with E-state index in [1.807, 2.05) is 12.1 Å². The van der Waals surface area contributed by atoms with E-state index < -0.39 is 0 Å². The molecule has 0 radical (unpaired) electrons. The van der Waals surface area contributed by atoms with Gasteiger partial charge in [0.05, 0.1) is 7.11 Å². The van der Waals surface area contributed by atoms with Gasteiger partial charge < -0.3 is 19.5 Å². The van der Waals surface area contributed by atoms with Crippen molar-refractivity contribution in [2.24, 2.45) is 5.92 Å². The fraction of sp³-hybridized carbons (Fsp3) is 0.571. The molecular weight excluding hydrogens is 230 g/mol. The predicted octanol–water partition coefficient (Wildman–Crippen LogP) is 2.31. The van der Waals surface area contributed by atoms with E-state index in [9.17, 15) is 0 Å². The third-order valence-electron chi connectivity index (χ3n) is 3.71. The van der Waals surface area contributed by atoms with Crippen molar-refractivity contribution in [1.29, 1.82) is 0 Å². The Kier molecular flexibility index (Phi) is 3.28. The van der Waals surface area contributed by atoms with E-state index in [1.165, 1.54) is 24.8 Å². The van der Waals surface area contributed by atoms with Crippen LogP contribution in [0, 0.1) is 5.92 Å². The van der Waals surface area contributed by atoms with Crippen LogP contribution in [0.25, 0.3) is 0 Å². The molecule has 1 aliphatic heterocycles. The lowest BCUT2D eigenvalue weighted by Gasteiger charge is -2.25. The summed E-state index contributed by atoms with van der Waals surface area (Å²) in [4.78, 5) is 0. The van der Waals surface area contributed by atoms with Gasteiger partial charge in [-0.25, -0.2) is 0 Å². The molecule has 0 atom stereocenters. The lowest BCUT2D eigenvalue weighted by atomic mass is 9.85. The largest absolute Gasteiger partial charge is 0.493 e. The van der Waals surface area contributed by atoms with Crippen LogP contribution in [0.15, 0.2) is 12.1 Å². The number of ether oxygens (including phenoxy) is 3. The van der Waals surface area contributed by atoms with Crippen molar-refractivity contribution in [2.75, 3.05) is 20.4 Å². The third-order valence-corrected chi connectivity index (χ3v) is 3.71. The Morgan fingerprint density at radius 3 is 2.94 bits per heavy atom. The first-order chi connectivity index (χ1) is 8.86. The summed E-state index contributed by atoms with van der Waals surface area (Å²) in [5.74, 6) is 3.14. The molecule has 0 aromatic heterocycles. The van der Waals surface area contributed by atoms with E-state index in [2.05, 4.69) is 5.32 Å². The van der Waals surface area contributed by atoms with Crippen LogP contribution in [0.2, 0.25) is 0 Å². The van der Waals surface area contributed by atoms with Gasteiger partial charge in [0.15, 0.2) is 11.5 Å². The smallest absolute Gasteiger partial charge is 0.231 e. The summed E-state index contributed by atoms with van der Waals surface area (Å²) >= 11 is 0.